The number of sulfone groups is 1. The molecule has 1 aliphatic heterocycles. The van der Waals surface area contributed by atoms with Crippen molar-refractivity contribution in [2.24, 2.45) is 0 Å². The molecule has 7 nitrogen and oxygen atoms in total. The minimum Gasteiger partial charge on any atom is -0.495 e. The van der Waals surface area contributed by atoms with Gasteiger partial charge in [0.15, 0.2) is 9.84 Å². The average Bonchev–Trinajstić information content (AvgIpc) is 3.23. The maximum Gasteiger partial charge on any atom is 0.238 e. The summed E-state index contributed by atoms with van der Waals surface area (Å²) < 4.78 is 34.4. The predicted octanol–water partition coefficient (Wildman–Crippen LogP) is 2.22. The van der Waals surface area contributed by atoms with Crippen LogP contribution in [-0.4, -0.2) is 50.4 Å². The molecular formula is C19H24N2O5S. The summed E-state index contributed by atoms with van der Waals surface area (Å²) in [6.45, 7) is 2.38. The van der Waals surface area contributed by atoms with Crippen LogP contribution in [0.15, 0.2) is 41.0 Å². The standard InChI is InChI=1S/C19H24N2O5S/c1-14-5-6-18(25-2)17(10-14)20-19(22)12-21(11-16-4-3-8-26-16)15-7-9-27(23,24)13-15/h3-6,8,10,15H,7,9,11-13H2,1-2H3,(H,20,22)/t15-/m0/s1. The van der Waals surface area contributed by atoms with E-state index in [1.807, 2.05) is 30.0 Å². The Morgan fingerprint density at radius 1 is 1.37 bits per heavy atom. The van der Waals surface area contributed by atoms with Crippen molar-refractivity contribution < 1.29 is 22.4 Å². The van der Waals surface area contributed by atoms with E-state index in [0.717, 1.165) is 5.56 Å². The van der Waals surface area contributed by atoms with Gasteiger partial charge in [-0.25, -0.2) is 8.42 Å². The van der Waals surface area contributed by atoms with Gasteiger partial charge >= 0.3 is 0 Å². The van der Waals surface area contributed by atoms with Gasteiger partial charge in [-0.3, -0.25) is 9.69 Å². The molecule has 8 heteroatoms. The van der Waals surface area contributed by atoms with Gasteiger partial charge in [0.05, 0.1) is 43.7 Å². The average molecular weight is 392 g/mol. The number of methoxy groups -OCH3 is 1. The number of hydrogen-bond donors (Lipinski definition) is 1. The van der Waals surface area contributed by atoms with Gasteiger partial charge in [0, 0.05) is 6.04 Å². The van der Waals surface area contributed by atoms with Gasteiger partial charge in [0.1, 0.15) is 11.5 Å². The summed E-state index contributed by atoms with van der Waals surface area (Å²) in [7, 11) is -1.51. The Kier molecular flexibility index (Phi) is 5.86. The van der Waals surface area contributed by atoms with Gasteiger partial charge in [-0.1, -0.05) is 6.07 Å². The second-order valence-electron chi connectivity index (χ2n) is 6.79. The highest BCUT2D eigenvalue weighted by Crippen LogP contribution is 2.26. The summed E-state index contributed by atoms with van der Waals surface area (Å²) in [4.78, 5) is 14.5. The van der Waals surface area contributed by atoms with Crippen molar-refractivity contribution in [1.82, 2.24) is 4.90 Å². The van der Waals surface area contributed by atoms with Crippen LogP contribution in [0.5, 0.6) is 5.75 Å². The second-order valence-corrected chi connectivity index (χ2v) is 9.02. The number of anilines is 1. The van der Waals surface area contributed by atoms with E-state index in [1.165, 1.54) is 0 Å². The normalized spacial score (nSPS) is 18.6. The first-order valence-electron chi connectivity index (χ1n) is 8.77. The number of ether oxygens (including phenoxy) is 1. The van der Waals surface area contributed by atoms with Gasteiger partial charge in [-0.05, 0) is 43.2 Å². The Bertz CT molecular complexity index is 893. The number of carbonyl (C=O) groups excluding carboxylic acids is 1. The van der Waals surface area contributed by atoms with Crippen LogP contribution in [0.25, 0.3) is 0 Å². The molecule has 0 bridgehead atoms. The van der Waals surface area contributed by atoms with Crippen molar-refractivity contribution in [2.75, 3.05) is 30.5 Å². The molecule has 1 aliphatic rings. The van der Waals surface area contributed by atoms with E-state index in [1.54, 1.807) is 25.5 Å². The summed E-state index contributed by atoms with van der Waals surface area (Å²) >= 11 is 0. The number of benzene rings is 1. The van der Waals surface area contributed by atoms with Crippen LogP contribution < -0.4 is 10.1 Å². The third-order valence-corrected chi connectivity index (χ3v) is 6.39. The van der Waals surface area contributed by atoms with E-state index in [-0.39, 0.29) is 30.0 Å². The van der Waals surface area contributed by atoms with Crippen LogP contribution in [0, 0.1) is 6.92 Å². The molecule has 0 spiro atoms. The molecule has 146 valence electrons. The molecule has 1 N–H and O–H groups in total. The van der Waals surface area contributed by atoms with Gasteiger partial charge in [-0.2, -0.15) is 0 Å². The minimum atomic E-state index is -3.05. The van der Waals surface area contributed by atoms with Gasteiger partial charge < -0.3 is 14.5 Å². The molecule has 0 aliphatic carbocycles. The predicted molar refractivity (Wildman–Crippen MR) is 103 cm³/mol. The summed E-state index contributed by atoms with van der Waals surface area (Å²) in [6.07, 6.45) is 2.08. The number of furan rings is 1. The molecule has 1 amide bonds. The Morgan fingerprint density at radius 2 is 2.19 bits per heavy atom. The lowest BCUT2D eigenvalue weighted by Crippen LogP contribution is -2.41. The zero-order chi connectivity index (χ0) is 19.4. The monoisotopic (exact) mass is 392 g/mol. The molecule has 2 heterocycles. The second kappa shape index (κ2) is 8.14. The van der Waals surface area contributed by atoms with E-state index in [9.17, 15) is 13.2 Å². The first-order chi connectivity index (χ1) is 12.9. The Morgan fingerprint density at radius 3 is 2.81 bits per heavy atom. The lowest BCUT2D eigenvalue weighted by atomic mass is 10.2. The number of hydrogen-bond acceptors (Lipinski definition) is 6. The number of carbonyl (C=O) groups is 1. The molecule has 27 heavy (non-hydrogen) atoms. The molecule has 1 aromatic heterocycles. The van der Waals surface area contributed by atoms with Crippen molar-refractivity contribution in [3.8, 4) is 5.75 Å². The summed E-state index contributed by atoms with van der Waals surface area (Å²) in [5, 5.41) is 2.87. The van der Waals surface area contributed by atoms with Crippen LogP contribution in [-0.2, 0) is 21.2 Å². The molecule has 3 rings (SSSR count). The maximum absolute atomic E-state index is 12.7. The quantitative estimate of drug-likeness (QED) is 0.777. The minimum absolute atomic E-state index is 0.0642. The van der Waals surface area contributed by atoms with Crippen LogP contribution in [0.2, 0.25) is 0 Å². The first-order valence-corrected chi connectivity index (χ1v) is 10.6. The number of amides is 1. The Hall–Kier alpha value is -2.32. The van der Waals surface area contributed by atoms with Crippen LogP contribution in [0.4, 0.5) is 5.69 Å². The molecule has 0 radical (unpaired) electrons. The zero-order valence-corrected chi connectivity index (χ0v) is 16.3. The highest BCUT2D eigenvalue weighted by atomic mass is 32.2. The van der Waals surface area contributed by atoms with Crippen molar-refractivity contribution in [3.05, 3.63) is 47.9 Å². The van der Waals surface area contributed by atoms with E-state index in [4.69, 9.17) is 9.15 Å². The van der Waals surface area contributed by atoms with Crippen LogP contribution >= 0.6 is 0 Å². The molecule has 0 unspecified atom stereocenters. The lowest BCUT2D eigenvalue weighted by Gasteiger charge is -2.26. The van der Waals surface area contributed by atoms with Crippen molar-refractivity contribution in [2.45, 2.75) is 25.9 Å². The fraction of sp³-hybridized carbons (Fsp3) is 0.421. The fourth-order valence-corrected chi connectivity index (χ4v) is 5.04. The Labute approximate surface area is 159 Å². The van der Waals surface area contributed by atoms with E-state index in [0.29, 0.717) is 30.2 Å². The smallest absolute Gasteiger partial charge is 0.238 e. The number of aryl methyl sites for hydroxylation is 1. The SMILES string of the molecule is COc1ccc(C)cc1NC(=O)CN(Cc1ccco1)[C@H]1CCS(=O)(=O)C1. The third kappa shape index (κ3) is 5.11. The third-order valence-electron chi connectivity index (χ3n) is 4.64. The zero-order valence-electron chi connectivity index (χ0n) is 15.5. The topological polar surface area (TPSA) is 88.8 Å². The number of nitrogens with one attached hydrogen (secondary N) is 1. The first kappa shape index (κ1) is 19.4. The largest absolute Gasteiger partial charge is 0.495 e. The van der Waals surface area contributed by atoms with Gasteiger partial charge in [-0.15, -0.1) is 0 Å². The molecule has 0 saturated carbocycles. The maximum atomic E-state index is 12.7. The van der Waals surface area contributed by atoms with Crippen LogP contribution in [0.3, 0.4) is 0 Å². The number of nitrogens with zero attached hydrogens (tertiary/aromatic N) is 1. The molecule has 1 aromatic carbocycles. The van der Waals surface area contributed by atoms with E-state index < -0.39 is 9.84 Å². The Balaban J connectivity index is 1.73. The highest BCUT2D eigenvalue weighted by molar-refractivity contribution is 7.91. The van der Waals surface area contributed by atoms with Gasteiger partial charge in [0.2, 0.25) is 5.91 Å². The summed E-state index contributed by atoms with van der Waals surface area (Å²) in [5.41, 5.74) is 1.60. The molecule has 1 saturated heterocycles. The van der Waals surface area contributed by atoms with Crippen LogP contribution in [0.1, 0.15) is 17.7 Å². The molecule has 2 aromatic rings. The molecule has 1 atom stereocenters. The lowest BCUT2D eigenvalue weighted by molar-refractivity contribution is -0.118. The summed E-state index contributed by atoms with van der Waals surface area (Å²) in [5.74, 6) is 1.26. The number of rotatable bonds is 7. The molecular weight excluding hydrogens is 368 g/mol. The van der Waals surface area contributed by atoms with E-state index in [2.05, 4.69) is 5.32 Å². The van der Waals surface area contributed by atoms with Crippen molar-refractivity contribution in [1.29, 1.82) is 0 Å². The summed E-state index contributed by atoms with van der Waals surface area (Å²) in [6, 6.07) is 8.93. The van der Waals surface area contributed by atoms with Crippen molar-refractivity contribution >= 4 is 21.4 Å². The van der Waals surface area contributed by atoms with Gasteiger partial charge in [0.25, 0.3) is 0 Å². The van der Waals surface area contributed by atoms with E-state index >= 15 is 0 Å². The highest BCUT2D eigenvalue weighted by Gasteiger charge is 2.33. The van der Waals surface area contributed by atoms with Crippen molar-refractivity contribution in [3.63, 3.8) is 0 Å². The fourth-order valence-electron chi connectivity index (χ4n) is 3.27. The molecule has 1 fully saturated rings.